The zero-order valence-corrected chi connectivity index (χ0v) is 14.3. The summed E-state index contributed by atoms with van der Waals surface area (Å²) in [5, 5.41) is 4.19. The molecule has 0 bridgehead atoms. The lowest BCUT2D eigenvalue weighted by atomic mass is 10.2. The molecule has 6 heteroatoms. The van der Waals surface area contributed by atoms with E-state index in [0.29, 0.717) is 26.5 Å². The molecule has 0 spiro atoms. The normalized spacial score (nSPS) is 11.9. The smallest absolute Gasteiger partial charge is 0.265 e. The van der Waals surface area contributed by atoms with E-state index in [1.807, 2.05) is 13.0 Å². The van der Waals surface area contributed by atoms with Crippen molar-refractivity contribution in [2.75, 3.05) is 5.32 Å². The lowest BCUT2D eigenvalue weighted by Crippen LogP contribution is -2.30. The molecule has 116 valence electrons. The second-order valence-corrected chi connectivity index (χ2v) is 6.06. The Hall–Kier alpha value is -1.42. The molecule has 0 heterocycles. The lowest BCUT2D eigenvalue weighted by molar-refractivity contribution is -0.122. The Bertz CT molecular complexity index is 704. The molecule has 0 aliphatic heterocycles. The van der Waals surface area contributed by atoms with Crippen molar-refractivity contribution in [3.63, 3.8) is 0 Å². The Morgan fingerprint density at radius 1 is 1.09 bits per heavy atom. The van der Waals surface area contributed by atoms with Crippen LogP contribution in [0.4, 0.5) is 5.69 Å². The minimum atomic E-state index is -0.725. The molecule has 3 nitrogen and oxygen atoms in total. The highest BCUT2D eigenvalue weighted by Gasteiger charge is 2.17. The first-order valence-electron chi connectivity index (χ1n) is 6.55. The van der Waals surface area contributed by atoms with Gasteiger partial charge in [-0.1, -0.05) is 40.9 Å². The number of carbonyl (C=O) groups excluding carboxylic acids is 1. The van der Waals surface area contributed by atoms with Gasteiger partial charge >= 0.3 is 0 Å². The van der Waals surface area contributed by atoms with Crippen molar-refractivity contribution in [1.82, 2.24) is 0 Å². The maximum absolute atomic E-state index is 12.2. The van der Waals surface area contributed by atoms with Crippen LogP contribution in [-0.4, -0.2) is 12.0 Å². The monoisotopic (exact) mass is 357 g/mol. The SMILES string of the molecule is Cc1ccc(Cl)cc1NC(=O)[C@@H](C)Oc1ccc(Cl)cc1Cl. The predicted molar refractivity (Wildman–Crippen MR) is 91.4 cm³/mol. The summed E-state index contributed by atoms with van der Waals surface area (Å²) < 4.78 is 5.57. The molecule has 0 fully saturated rings. The molecule has 1 amide bonds. The number of halogens is 3. The summed E-state index contributed by atoms with van der Waals surface area (Å²) in [6.07, 6.45) is -0.725. The minimum absolute atomic E-state index is 0.295. The van der Waals surface area contributed by atoms with Crippen LogP contribution in [0.15, 0.2) is 36.4 Å². The van der Waals surface area contributed by atoms with Crippen molar-refractivity contribution >= 4 is 46.4 Å². The van der Waals surface area contributed by atoms with E-state index in [9.17, 15) is 4.79 Å². The molecule has 0 unspecified atom stereocenters. The Balaban J connectivity index is 2.07. The largest absolute Gasteiger partial charge is 0.479 e. The number of rotatable bonds is 4. The molecule has 0 saturated carbocycles. The maximum Gasteiger partial charge on any atom is 0.265 e. The number of aryl methyl sites for hydroxylation is 1. The van der Waals surface area contributed by atoms with Crippen molar-refractivity contribution in [3.8, 4) is 5.75 Å². The van der Waals surface area contributed by atoms with Crippen LogP contribution in [-0.2, 0) is 4.79 Å². The minimum Gasteiger partial charge on any atom is -0.479 e. The molecule has 0 aliphatic rings. The number of carbonyl (C=O) groups is 1. The summed E-state index contributed by atoms with van der Waals surface area (Å²) in [5.74, 6) is 0.105. The van der Waals surface area contributed by atoms with Gasteiger partial charge in [0.25, 0.3) is 5.91 Å². The third-order valence-corrected chi connectivity index (χ3v) is 3.79. The summed E-state index contributed by atoms with van der Waals surface area (Å²) in [6, 6.07) is 10.1. The molecule has 2 rings (SSSR count). The first-order chi connectivity index (χ1) is 10.4. The summed E-state index contributed by atoms with van der Waals surface area (Å²) in [4.78, 5) is 12.2. The fourth-order valence-corrected chi connectivity index (χ4v) is 2.40. The molecule has 22 heavy (non-hydrogen) atoms. The average molecular weight is 359 g/mol. The molecule has 2 aromatic rings. The van der Waals surface area contributed by atoms with Gasteiger partial charge < -0.3 is 10.1 Å². The fourth-order valence-electron chi connectivity index (χ4n) is 1.78. The highest BCUT2D eigenvalue weighted by atomic mass is 35.5. The van der Waals surface area contributed by atoms with E-state index >= 15 is 0 Å². The van der Waals surface area contributed by atoms with E-state index in [0.717, 1.165) is 5.56 Å². The molecule has 0 saturated heterocycles. The van der Waals surface area contributed by atoms with Crippen molar-refractivity contribution in [2.24, 2.45) is 0 Å². The second kappa shape index (κ2) is 7.23. The van der Waals surface area contributed by atoms with Crippen LogP contribution in [0.25, 0.3) is 0 Å². The van der Waals surface area contributed by atoms with E-state index in [1.165, 1.54) is 0 Å². The molecule has 0 aliphatic carbocycles. The van der Waals surface area contributed by atoms with Crippen molar-refractivity contribution in [1.29, 1.82) is 0 Å². The van der Waals surface area contributed by atoms with Gasteiger partial charge in [0, 0.05) is 15.7 Å². The van der Waals surface area contributed by atoms with Crippen LogP contribution < -0.4 is 10.1 Å². The number of benzene rings is 2. The molecule has 2 aromatic carbocycles. The van der Waals surface area contributed by atoms with Gasteiger partial charge in [0.05, 0.1) is 5.02 Å². The summed E-state index contributed by atoms with van der Waals surface area (Å²) in [5.41, 5.74) is 1.56. The molecule has 0 aromatic heterocycles. The number of nitrogens with one attached hydrogen (secondary N) is 1. The number of anilines is 1. The van der Waals surface area contributed by atoms with Gasteiger partial charge in [0.2, 0.25) is 0 Å². The highest BCUT2D eigenvalue weighted by molar-refractivity contribution is 6.35. The van der Waals surface area contributed by atoms with Crippen LogP contribution in [0, 0.1) is 6.92 Å². The van der Waals surface area contributed by atoms with Crippen LogP contribution in [0.1, 0.15) is 12.5 Å². The molecule has 1 atom stereocenters. The number of ether oxygens (including phenoxy) is 1. The van der Waals surface area contributed by atoms with Gasteiger partial charge in [-0.15, -0.1) is 0 Å². The van der Waals surface area contributed by atoms with Gasteiger partial charge in [-0.25, -0.2) is 0 Å². The topological polar surface area (TPSA) is 38.3 Å². The zero-order chi connectivity index (χ0) is 16.3. The van der Waals surface area contributed by atoms with Crippen LogP contribution in [0.3, 0.4) is 0 Å². The van der Waals surface area contributed by atoms with Crippen LogP contribution in [0.2, 0.25) is 15.1 Å². The quantitative estimate of drug-likeness (QED) is 0.799. The standard InChI is InChI=1S/C16H14Cl3NO2/c1-9-3-4-12(18)8-14(9)20-16(21)10(2)22-15-6-5-11(17)7-13(15)19/h3-8,10H,1-2H3,(H,20,21)/t10-/m1/s1. The van der Waals surface area contributed by atoms with Gasteiger partial charge in [0.1, 0.15) is 5.75 Å². The van der Waals surface area contributed by atoms with E-state index in [2.05, 4.69) is 5.32 Å². The van der Waals surface area contributed by atoms with E-state index in [1.54, 1.807) is 37.3 Å². The summed E-state index contributed by atoms with van der Waals surface area (Å²) in [6.45, 7) is 3.52. The predicted octanol–water partition coefficient (Wildman–Crippen LogP) is 5.36. The van der Waals surface area contributed by atoms with Crippen LogP contribution in [0.5, 0.6) is 5.75 Å². The van der Waals surface area contributed by atoms with E-state index in [-0.39, 0.29) is 5.91 Å². The number of hydrogen-bond acceptors (Lipinski definition) is 2. The second-order valence-electron chi connectivity index (χ2n) is 4.78. The fraction of sp³-hybridized carbons (Fsp3) is 0.188. The Morgan fingerprint density at radius 3 is 2.41 bits per heavy atom. The zero-order valence-electron chi connectivity index (χ0n) is 12.0. The first-order valence-corrected chi connectivity index (χ1v) is 7.69. The van der Waals surface area contributed by atoms with Gasteiger partial charge in [-0.3, -0.25) is 4.79 Å². The van der Waals surface area contributed by atoms with Gasteiger partial charge in [-0.2, -0.15) is 0 Å². The summed E-state index contributed by atoms with van der Waals surface area (Å²) >= 11 is 17.8. The Morgan fingerprint density at radius 2 is 1.73 bits per heavy atom. The van der Waals surface area contributed by atoms with E-state index in [4.69, 9.17) is 39.5 Å². The number of amides is 1. The maximum atomic E-state index is 12.2. The Kier molecular flexibility index (Phi) is 5.57. The third-order valence-electron chi connectivity index (χ3n) is 3.02. The Labute approximate surface area is 144 Å². The molecular weight excluding hydrogens is 345 g/mol. The third kappa shape index (κ3) is 4.29. The van der Waals surface area contributed by atoms with Crippen molar-refractivity contribution in [2.45, 2.75) is 20.0 Å². The van der Waals surface area contributed by atoms with E-state index < -0.39 is 6.10 Å². The molecule has 0 radical (unpaired) electrons. The van der Waals surface area contributed by atoms with Crippen molar-refractivity contribution < 1.29 is 9.53 Å². The molecule has 1 N–H and O–H groups in total. The van der Waals surface area contributed by atoms with Gasteiger partial charge in [-0.05, 0) is 49.7 Å². The van der Waals surface area contributed by atoms with Crippen molar-refractivity contribution in [3.05, 3.63) is 57.0 Å². The highest BCUT2D eigenvalue weighted by Crippen LogP contribution is 2.28. The first kappa shape index (κ1) is 16.9. The molecular formula is C16H14Cl3NO2. The lowest BCUT2D eigenvalue weighted by Gasteiger charge is -2.16. The van der Waals surface area contributed by atoms with Gasteiger partial charge in [0.15, 0.2) is 6.10 Å². The van der Waals surface area contributed by atoms with Crippen LogP contribution >= 0.6 is 34.8 Å². The number of hydrogen-bond donors (Lipinski definition) is 1. The summed E-state index contributed by atoms with van der Waals surface area (Å²) in [7, 11) is 0. The average Bonchev–Trinajstić information content (AvgIpc) is 2.45.